The van der Waals surface area contributed by atoms with Crippen LogP contribution in [0.4, 0.5) is 5.82 Å². The zero-order chi connectivity index (χ0) is 12.7. The first-order valence-corrected chi connectivity index (χ1v) is 7.13. The zero-order valence-electron chi connectivity index (χ0n) is 10.2. The zero-order valence-corrected chi connectivity index (χ0v) is 11.8. The summed E-state index contributed by atoms with van der Waals surface area (Å²) >= 11 is 7.91. The Kier molecular flexibility index (Phi) is 6.37. The van der Waals surface area contributed by atoms with Gasteiger partial charge in [-0.3, -0.25) is 0 Å². The van der Waals surface area contributed by atoms with Crippen molar-refractivity contribution < 1.29 is 0 Å². The van der Waals surface area contributed by atoms with Gasteiger partial charge in [0, 0.05) is 23.6 Å². The van der Waals surface area contributed by atoms with Crippen LogP contribution in [0.5, 0.6) is 0 Å². The molecule has 5 heteroatoms. The van der Waals surface area contributed by atoms with Crippen LogP contribution in [0.25, 0.3) is 0 Å². The van der Waals surface area contributed by atoms with Crippen LogP contribution in [-0.4, -0.2) is 28.0 Å². The fraction of sp³-hybridized carbons (Fsp3) is 0.500. The molecule has 0 unspecified atom stereocenters. The predicted octanol–water partition coefficient (Wildman–Crippen LogP) is 3.58. The van der Waals surface area contributed by atoms with E-state index in [-0.39, 0.29) is 0 Å². The standard InChI is InChI=1S/C12H18ClN3S/c1-4-6-17-7-5-14-12-10(9(2)3)11(13)15-8-16-12/h4,8-9H,1,5-7H2,2-3H3,(H,14,15,16). The molecule has 0 fully saturated rings. The van der Waals surface area contributed by atoms with Gasteiger partial charge in [-0.05, 0) is 5.92 Å². The van der Waals surface area contributed by atoms with Crippen LogP contribution >= 0.6 is 23.4 Å². The molecule has 1 heterocycles. The van der Waals surface area contributed by atoms with E-state index < -0.39 is 0 Å². The Hall–Kier alpha value is -0.740. The average Bonchev–Trinajstić information content (AvgIpc) is 2.28. The van der Waals surface area contributed by atoms with Gasteiger partial charge in [-0.25, -0.2) is 9.97 Å². The number of aromatic nitrogens is 2. The van der Waals surface area contributed by atoms with Crippen molar-refractivity contribution in [3.8, 4) is 0 Å². The first kappa shape index (κ1) is 14.3. The molecule has 0 saturated carbocycles. The third-order valence-electron chi connectivity index (χ3n) is 2.19. The van der Waals surface area contributed by atoms with Gasteiger partial charge in [0.15, 0.2) is 0 Å². The molecule has 94 valence electrons. The Labute approximate surface area is 112 Å². The molecule has 3 nitrogen and oxygen atoms in total. The van der Waals surface area contributed by atoms with Crippen LogP contribution in [-0.2, 0) is 0 Å². The molecule has 1 aromatic heterocycles. The third kappa shape index (κ3) is 4.56. The lowest BCUT2D eigenvalue weighted by Crippen LogP contribution is -2.10. The average molecular weight is 272 g/mol. The van der Waals surface area contributed by atoms with E-state index in [9.17, 15) is 0 Å². The van der Waals surface area contributed by atoms with E-state index in [1.807, 2.05) is 17.8 Å². The van der Waals surface area contributed by atoms with Gasteiger partial charge in [0.1, 0.15) is 17.3 Å². The molecule has 0 aliphatic rings. The lowest BCUT2D eigenvalue weighted by atomic mass is 10.1. The number of halogens is 1. The highest BCUT2D eigenvalue weighted by Gasteiger charge is 2.12. The topological polar surface area (TPSA) is 37.8 Å². The van der Waals surface area contributed by atoms with Gasteiger partial charge in [0.05, 0.1) is 0 Å². The summed E-state index contributed by atoms with van der Waals surface area (Å²) in [5, 5.41) is 3.84. The van der Waals surface area contributed by atoms with Crippen molar-refractivity contribution in [2.24, 2.45) is 0 Å². The molecular formula is C12H18ClN3S. The molecule has 17 heavy (non-hydrogen) atoms. The SMILES string of the molecule is C=CCSCCNc1ncnc(Cl)c1C(C)C. The van der Waals surface area contributed by atoms with Crippen LogP contribution in [0.15, 0.2) is 19.0 Å². The number of hydrogen-bond acceptors (Lipinski definition) is 4. The maximum atomic E-state index is 6.08. The Morgan fingerprint density at radius 2 is 2.29 bits per heavy atom. The molecule has 1 aromatic rings. The van der Waals surface area contributed by atoms with Gasteiger partial charge in [0.25, 0.3) is 0 Å². The van der Waals surface area contributed by atoms with Crippen LogP contribution in [0.3, 0.4) is 0 Å². The summed E-state index contributed by atoms with van der Waals surface area (Å²) in [6.45, 7) is 8.72. The highest BCUT2D eigenvalue weighted by atomic mass is 35.5. The van der Waals surface area contributed by atoms with Gasteiger partial charge in [-0.15, -0.1) is 6.58 Å². The van der Waals surface area contributed by atoms with Gasteiger partial charge in [-0.2, -0.15) is 11.8 Å². The summed E-state index contributed by atoms with van der Waals surface area (Å²) < 4.78 is 0. The molecular weight excluding hydrogens is 254 g/mol. The molecule has 0 spiro atoms. The minimum Gasteiger partial charge on any atom is -0.369 e. The third-order valence-corrected chi connectivity index (χ3v) is 3.45. The highest BCUT2D eigenvalue weighted by Crippen LogP contribution is 2.27. The molecule has 0 aliphatic heterocycles. The molecule has 0 aliphatic carbocycles. The second kappa shape index (κ2) is 7.56. The number of nitrogens with zero attached hydrogens (tertiary/aromatic N) is 2. The Bertz CT molecular complexity index is 369. The molecule has 0 bridgehead atoms. The largest absolute Gasteiger partial charge is 0.369 e. The van der Waals surface area contributed by atoms with Crippen molar-refractivity contribution >= 4 is 29.2 Å². The summed E-state index contributed by atoms with van der Waals surface area (Å²) in [6, 6.07) is 0. The fourth-order valence-corrected chi connectivity index (χ4v) is 2.37. The van der Waals surface area contributed by atoms with Crippen molar-refractivity contribution in [2.45, 2.75) is 19.8 Å². The summed E-state index contributed by atoms with van der Waals surface area (Å²) in [4.78, 5) is 8.26. The quantitative estimate of drug-likeness (QED) is 0.467. The number of thioether (sulfide) groups is 1. The minimum absolute atomic E-state index is 0.312. The molecule has 0 atom stereocenters. The first-order chi connectivity index (χ1) is 8.16. The van der Waals surface area contributed by atoms with Gasteiger partial charge >= 0.3 is 0 Å². The Morgan fingerprint density at radius 1 is 1.53 bits per heavy atom. The van der Waals surface area contributed by atoms with Crippen molar-refractivity contribution in [3.05, 3.63) is 29.7 Å². The molecule has 0 amide bonds. The number of anilines is 1. The second-order valence-electron chi connectivity index (χ2n) is 3.87. The summed E-state index contributed by atoms with van der Waals surface area (Å²) in [6.07, 6.45) is 3.40. The number of nitrogens with one attached hydrogen (secondary N) is 1. The van der Waals surface area contributed by atoms with E-state index in [0.717, 1.165) is 29.4 Å². The lowest BCUT2D eigenvalue weighted by molar-refractivity contribution is 0.846. The second-order valence-corrected chi connectivity index (χ2v) is 5.38. The van der Waals surface area contributed by atoms with Gasteiger partial charge in [0.2, 0.25) is 0 Å². The smallest absolute Gasteiger partial charge is 0.138 e. The van der Waals surface area contributed by atoms with Crippen molar-refractivity contribution in [1.29, 1.82) is 0 Å². The van der Waals surface area contributed by atoms with Crippen LogP contribution in [0, 0.1) is 0 Å². The van der Waals surface area contributed by atoms with E-state index in [0.29, 0.717) is 11.1 Å². The number of hydrogen-bond donors (Lipinski definition) is 1. The summed E-state index contributed by atoms with van der Waals surface area (Å²) in [5.74, 6) is 3.15. The van der Waals surface area contributed by atoms with E-state index in [2.05, 4.69) is 35.7 Å². The predicted molar refractivity (Wildman–Crippen MR) is 77.1 cm³/mol. The van der Waals surface area contributed by atoms with E-state index >= 15 is 0 Å². The Morgan fingerprint density at radius 3 is 2.94 bits per heavy atom. The Balaban J connectivity index is 2.58. The molecule has 0 aromatic carbocycles. The van der Waals surface area contributed by atoms with Gasteiger partial charge in [-0.1, -0.05) is 31.5 Å². The van der Waals surface area contributed by atoms with Crippen LogP contribution < -0.4 is 5.32 Å². The van der Waals surface area contributed by atoms with Gasteiger partial charge < -0.3 is 5.32 Å². The summed E-state index contributed by atoms with van der Waals surface area (Å²) in [7, 11) is 0. The fourth-order valence-electron chi connectivity index (χ4n) is 1.43. The summed E-state index contributed by atoms with van der Waals surface area (Å²) in [5.41, 5.74) is 0.989. The normalized spacial score (nSPS) is 10.6. The minimum atomic E-state index is 0.312. The van der Waals surface area contributed by atoms with E-state index in [1.165, 1.54) is 6.33 Å². The van der Waals surface area contributed by atoms with Crippen molar-refractivity contribution in [3.63, 3.8) is 0 Å². The molecule has 1 rings (SSSR count). The van der Waals surface area contributed by atoms with Crippen LogP contribution in [0.2, 0.25) is 5.15 Å². The number of rotatable bonds is 7. The maximum absolute atomic E-state index is 6.08. The first-order valence-electron chi connectivity index (χ1n) is 5.59. The van der Waals surface area contributed by atoms with Crippen molar-refractivity contribution in [1.82, 2.24) is 9.97 Å². The lowest BCUT2D eigenvalue weighted by Gasteiger charge is -2.13. The molecule has 0 radical (unpaired) electrons. The van der Waals surface area contributed by atoms with Crippen LogP contribution in [0.1, 0.15) is 25.3 Å². The van der Waals surface area contributed by atoms with E-state index in [1.54, 1.807) is 0 Å². The molecule has 1 N–H and O–H groups in total. The monoisotopic (exact) mass is 271 g/mol. The van der Waals surface area contributed by atoms with Crippen molar-refractivity contribution in [2.75, 3.05) is 23.4 Å². The highest BCUT2D eigenvalue weighted by molar-refractivity contribution is 7.99. The molecule has 0 saturated heterocycles. The maximum Gasteiger partial charge on any atom is 0.138 e. The van der Waals surface area contributed by atoms with E-state index in [4.69, 9.17) is 11.6 Å².